The summed E-state index contributed by atoms with van der Waals surface area (Å²) in [6, 6.07) is 9.15. The monoisotopic (exact) mass is 170 g/mol. The van der Waals surface area contributed by atoms with E-state index in [0.29, 0.717) is 0 Å². The summed E-state index contributed by atoms with van der Waals surface area (Å²) < 4.78 is 33.0. The minimum absolute atomic E-state index is 0.179. The first kappa shape index (κ1) is 5.00. The van der Waals surface area contributed by atoms with Gasteiger partial charge in [0.2, 0.25) is 0 Å². The molecule has 2 heteroatoms. The van der Waals surface area contributed by atoms with Gasteiger partial charge < -0.3 is 9.84 Å². The van der Waals surface area contributed by atoms with E-state index in [1.807, 2.05) is 30.3 Å². The maximum Gasteiger partial charge on any atom is 0.0745 e. The fourth-order valence-corrected chi connectivity index (χ4v) is 0.840. The van der Waals surface area contributed by atoms with Crippen molar-refractivity contribution in [2.75, 3.05) is 6.61 Å². The predicted octanol–water partition coefficient (Wildman–Crippen LogP) is 1.58. The second kappa shape index (κ2) is 4.91. The molecule has 1 aromatic carbocycles. The second-order valence-corrected chi connectivity index (χ2v) is 2.43. The first-order valence-electron chi connectivity index (χ1n) is 5.67. The molecule has 0 fully saturated rings. The molecule has 0 spiro atoms. The second-order valence-electron chi connectivity index (χ2n) is 2.43. The number of hydrogen-bond donors (Lipinski definition) is 1. The van der Waals surface area contributed by atoms with Crippen molar-refractivity contribution in [2.45, 2.75) is 19.5 Å². The fraction of sp³-hybridized carbons (Fsp3) is 0.400. The molecule has 1 aromatic rings. The molecule has 0 aliphatic rings. The summed E-state index contributed by atoms with van der Waals surface area (Å²) >= 11 is 0. The number of aliphatic hydroxyl groups is 1. The van der Waals surface area contributed by atoms with Crippen LogP contribution in [0.2, 0.25) is 0 Å². The third-order valence-corrected chi connectivity index (χ3v) is 1.35. The Morgan fingerprint density at radius 1 is 1.58 bits per heavy atom. The van der Waals surface area contributed by atoms with Gasteiger partial charge in [0.15, 0.2) is 0 Å². The van der Waals surface area contributed by atoms with Gasteiger partial charge in [-0.2, -0.15) is 0 Å². The first-order chi connectivity index (χ1) is 7.33. The predicted molar refractivity (Wildman–Crippen MR) is 47.8 cm³/mol. The number of rotatable bonds is 4. The SMILES string of the molecule is [2H]C([2H])([2H])C([2H])(O)COCc1ccccc1. The molecule has 2 nitrogen and oxygen atoms in total. The normalized spacial score (nSPS) is 21.4. The third kappa shape index (κ3) is 3.51. The molecule has 1 rings (SSSR count). The standard InChI is InChI=1S/C10H14O2/c1-9(11)7-12-8-10-5-3-2-4-6-10/h2-6,9,11H,7-8H2,1H3/i1D3,9D. The molecule has 1 N–H and O–H groups in total. The topological polar surface area (TPSA) is 29.5 Å². The lowest BCUT2D eigenvalue weighted by molar-refractivity contribution is 0.0376. The van der Waals surface area contributed by atoms with Crippen molar-refractivity contribution in [2.24, 2.45) is 0 Å². The van der Waals surface area contributed by atoms with Crippen LogP contribution in [0.25, 0.3) is 0 Å². The maximum absolute atomic E-state index is 9.31. The molecule has 0 heterocycles. The van der Waals surface area contributed by atoms with Crippen LogP contribution in [-0.4, -0.2) is 17.8 Å². The molecule has 0 aromatic heterocycles. The number of ether oxygens (including phenoxy) is 1. The molecular weight excluding hydrogens is 152 g/mol. The summed E-state index contributed by atoms with van der Waals surface area (Å²) in [4.78, 5) is 0. The van der Waals surface area contributed by atoms with Gasteiger partial charge >= 0.3 is 0 Å². The van der Waals surface area contributed by atoms with Crippen molar-refractivity contribution >= 4 is 0 Å². The van der Waals surface area contributed by atoms with Crippen molar-refractivity contribution in [3.05, 3.63) is 35.9 Å². The Morgan fingerprint density at radius 3 is 3.00 bits per heavy atom. The van der Waals surface area contributed by atoms with Crippen LogP contribution in [0.1, 0.15) is 17.9 Å². The zero-order valence-electron chi connectivity index (χ0n) is 10.7. The average molecular weight is 170 g/mol. The summed E-state index contributed by atoms with van der Waals surface area (Å²) in [5.74, 6) is 0. The van der Waals surface area contributed by atoms with Gasteiger partial charge in [-0.25, -0.2) is 0 Å². The molecule has 0 saturated heterocycles. The minimum atomic E-state index is -2.76. The minimum Gasteiger partial charge on any atom is -0.391 e. The van der Waals surface area contributed by atoms with E-state index < -0.39 is 19.5 Å². The Bertz CT molecular complexity index is 321. The quantitative estimate of drug-likeness (QED) is 0.743. The molecule has 0 saturated carbocycles. The highest BCUT2D eigenvalue weighted by Gasteiger charge is 1.95. The summed E-state index contributed by atoms with van der Waals surface area (Å²) in [6.45, 7) is -3.12. The first-order valence-corrected chi connectivity index (χ1v) is 3.67. The van der Waals surface area contributed by atoms with Crippen molar-refractivity contribution in [1.29, 1.82) is 0 Å². The van der Waals surface area contributed by atoms with Crippen molar-refractivity contribution in [1.82, 2.24) is 0 Å². The Balaban J connectivity index is 2.42. The van der Waals surface area contributed by atoms with E-state index in [0.717, 1.165) is 5.56 Å². The number of hydrogen-bond acceptors (Lipinski definition) is 2. The van der Waals surface area contributed by atoms with Crippen LogP contribution in [0, 0.1) is 0 Å². The van der Waals surface area contributed by atoms with E-state index in [2.05, 4.69) is 0 Å². The van der Waals surface area contributed by atoms with Gasteiger partial charge in [-0.05, 0) is 12.4 Å². The summed E-state index contributed by atoms with van der Waals surface area (Å²) in [6.07, 6.45) is -2.55. The van der Waals surface area contributed by atoms with Gasteiger partial charge in [-0.1, -0.05) is 30.3 Å². The lowest BCUT2D eigenvalue weighted by atomic mass is 10.2. The molecular formula is C10H14O2. The Morgan fingerprint density at radius 2 is 2.33 bits per heavy atom. The fourth-order valence-electron chi connectivity index (χ4n) is 0.840. The van der Waals surface area contributed by atoms with Gasteiger partial charge in [0, 0.05) is 4.11 Å². The van der Waals surface area contributed by atoms with Crippen molar-refractivity contribution < 1.29 is 15.3 Å². The Kier molecular flexibility index (Phi) is 2.04. The van der Waals surface area contributed by atoms with Gasteiger partial charge in [-0.15, -0.1) is 0 Å². The zero-order valence-corrected chi connectivity index (χ0v) is 6.66. The molecule has 1 atom stereocenters. The van der Waals surface area contributed by atoms with E-state index in [1.165, 1.54) is 0 Å². The van der Waals surface area contributed by atoms with E-state index in [1.54, 1.807) is 0 Å². The van der Waals surface area contributed by atoms with Crippen LogP contribution in [0.3, 0.4) is 0 Å². The lowest BCUT2D eigenvalue weighted by Gasteiger charge is -2.05. The van der Waals surface area contributed by atoms with Crippen LogP contribution < -0.4 is 0 Å². The summed E-state index contributed by atoms with van der Waals surface area (Å²) in [5, 5.41) is 9.31. The summed E-state index contributed by atoms with van der Waals surface area (Å²) in [7, 11) is 0. The van der Waals surface area contributed by atoms with Crippen molar-refractivity contribution in [3.63, 3.8) is 0 Å². The maximum atomic E-state index is 9.31. The van der Waals surface area contributed by atoms with Crippen LogP contribution in [0.4, 0.5) is 0 Å². The van der Waals surface area contributed by atoms with Gasteiger partial charge in [0.25, 0.3) is 0 Å². The third-order valence-electron chi connectivity index (χ3n) is 1.35. The zero-order chi connectivity index (χ0) is 12.2. The smallest absolute Gasteiger partial charge is 0.0745 e. The molecule has 1 unspecified atom stereocenters. The highest BCUT2D eigenvalue weighted by molar-refractivity contribution is 5.13. The van der Waals surface area contributed by atoms with Gasteiger partial charge in [0.1, 0.15) is 0 Å². The molecule has 0 aliphatic carbocycles. The van der Waals surface area contributed by atoms with Gasteiger partial charge in [0.05, 0.1) is 20.7 Å². The average Bonchev–Trinajstić information content (AvgIpc) is 2.17. The molecule has 0 aliphatic heterocycles. The lowest BCUT2D eigenvalue weighted by Crippen LogP contribution is -2.09. The Labute approximate surface area is 78.4 Å². The molecule has 0 bridgehead atoms. The summed E-state index contributed by atoms with van der Waals surface area (Å²) in [5.41, 5.74) is 0.865. The van der Waals surface area contributed by atoms with Crippen molar-refractivity contribution in [3.8, 4) is 0 Å². The Hall–Kier alpha value is -0.860. The van der Waals surface area contributed by atoms with E-state index in [9.17, 15) is 5.11 Å². The van der Waals surface area contributed by atoms with E-state index in [-0.39, 0.29) is 6.61 Å². The largest absolute Gasteiger partial charge is 0.391 e. The van der Waals surface area contributed by atoms with Crippen LogP contribution in [0.15, 0.2) is 30.3 Å². The molecule has 0 radical (unpaired) electrons. The van der Waals surface area contributed by atoms with Crippen LogP contribution in [-0.2, 0) is 11.3 Å². The number of benzene rings is 1. The highest BCUT2D eigenvalue weighted by Crippen LogP contribution is 2.00. The van der Waals surface area contributed by atoms with E-state index in [4.69, 9.17) is 10.2 Å². The van der Waals surface area contributed by atoms with Gasteiger partial charge in [-0.3, -0.25) is 0 Å². The van der Waals surface area contributed by atoms with Crippen LogP contribution in [0.5, 0.6) is 0 Å². The molecule has 0 amide bonds. The molecule has 12 heavy (non-hydrogen) atoms. The van der Waals surface area contributed by atoms with E-state index >= 15 is 0 Å². The van der Waals surface area contributed by atoms with Crippen LogP contribution >= 0.6 is 0 Å². The molecule has 66 valence electrons. The highest BCUT2D eigenvalue weighted by atomic mass is 16.5.